The van der Waals surface area contributed by atoms with Crippen LogP contribution in [0.2, 0.25) is 0 Å². The Hall–Kier alpha value is -3.06. The fourth-order valence-corrected chi connectivity index (χ4v) is 2.51. The van der Waals surface area contributed by atoms with Crippen molar-refractivity contribution in [1.29, 1.82) is 0 Å². The second-order valence-corrected chi connectivity index (χ2v) is 6.33. The second kappa shape index (κ2) is 7.88. The van der Waals surface area contributed by atoms with E-state index in [9.17, 15) is 0 Å². The molecule has 7 nitrogen and oxygen atoms in total. The summed E-state index contributed by atoms with van der Waals surface area (Å²) in [7, 11) is 7.81. The van der Waals surface area contributed by atoms with Crippen molar-refractivity contribution in [3.8, 4) is 0 Å². The lowest BCUT2D eigenvalue weighted by atomic mass is 10.2. The van der Waals surface area contributed by atoms with Gasteiger partial charge >= 0.3 is 0 Å². The molecule has 3 rings (SSSR count). The lowest BCUT2D eigenvalue weighted by molar-refractivity contribution is 0.491. The van der Waals surface area contributed by atoms with Crippen LogP contribution in [0.1, 0.15) is 0 Å². The summed E-state index contributed by atoms with van der Waals surface area (Å²) in [6, 6.07) is 20.3. The number of hydrogen-bond acceptors (Lipinski definition) is 7. The number of nitrogens with zero attached hydrogens (tertiary/aromatic N) is 5. The molecule has 0 saturated carbocycles. The van der Waals surface area contributed by atoms with E-state index in [2.05, 4.69) is 20.7 Å². The van der Waals surface area contributed by atoms with Crippen molar-refractivity contribution in [2.45, 2.75) is 6.29 Å². The molecule has 1 aliphatic heterocycles. The van der Waals surface area contributed by atoms with E-state index in [0.717, 1.165) is 23.3 Å². The first-order valence-corrected chi connectivity index (χ1v) is 8.48. The number of anilines is 2. The molecule has 0 aromatic heterocycles. The maximum Gasteiger partial charge on any atom is 0.217 e. The molecule has 0 aliphatic carbocycles. The maximum atomic E-state index is 4.67. The first-order valence-electron chi connectivity index (χ1n) is 8.48. The van der Waals surface area contributed by atoms with Crippen molar-refractivity contribution in [2.24, 2.45) is 9.98 Å². The van der Waals surface area contributed by atoms with Crippen LogP contribution in [0, 0.1) is 0 Å². The molecule has 26 heavy (non-hydrogen) atoms. The highest BCUT2D eigenvalue weighted by molar-refractivity contribution is 5.99. The van der Waals surface area contributed by atoms with E-state index in [-0.39, 0.29) is 0 Å². The fourth-order valence-electron chi connectivity index (χ4n) is 2.51. The summed E-state index contributed by atoms with van der Waals surface area (Å²) in [6.07, 6.45) is -0.452. The van der Waals surface area contributed by atoms with Gasteiger partial charge in [0.2, 0.25) is 18.2 Å². The fraction of sp³-hybridized carbons (Fsp3) is 0.263. The first kappa shape index (κ1) is 17.8. The molecule has 0 spiro atoms. The Morgan fingerprint density at radius 3 is 1.54 bits per heavy atom. The van der Waals surface area contributed by atoms with E-state index >= 15 is 0 Å². The van der Waals surface area contributed by atoms with Crippen LogP contribution in [0.25, 0.3) is 0 Å². The van der Waals surface area contributed by atoms with E-state index < -0.39 is 6.29 Å². The molecule has 7 heteroatoms. The molecule has 0 bridgehead atoms. The topological polar surface area (TPSA) is 58.5 Å². The zero-order valence-corrected chi connectivity index (χ0v) is 15.6. The highest BCUT2D eigenvalue weighted by Crippen LogP contribution is 2.23. The highest BCUT2D eigenvalue weighted by atomic mass is 15.6. The van der Waals surface area contributed by atoms with Gasteiger partial charge < -0.3 is 9.80 Å². The van der Waals surface area contributed by atoms with Gasteiger partial charge in [0.05, 0.1) is 11.4 Å². The number of rotatable bonds is 4. The average Bonchev–Trinajstić information content (AvgIpc) is 2.67. The predicted molar refractivity (Wildman–Crippen MR) is 107 cm³/mol. The second-order valence-electron chi connectivity index (χ2n) is 6.33. The summed E-state index contributed by atoms with van der Waals surface area (Å²) in [6.45, 7) is 0. The van der Waals surface area contributed by atoms with Gasteiger partial charge in [-0.05, 0) is 24.3 Å². The molecule has 2 aromatic carbocycles. The summed E-state index contributed by atoms with van der Waals surface area (Å²) in [5, 5.41) is 5.23. The van der Waals surface area contributed by atoms with Crippen LogP contribution < -0.4 is 15.8 Å². The lowest BCUT2D eigenvalue weighted by Gasteiger charge is -2.32. The Bertz CT molecular complexity index is 705. The molecule has 0 unspecified atom stereocenters. The molecular weight excluding hydrogens is 326 g/mol. The zero-order chi connectivity index (χ0) is 18.5. The standard InChI is InChI=1S/C19H25N7/c1-24(2)18-20-17(21-19(22-18)25(3)4)23-26(15-11-7-5-8-12-15)16-13-9-6-10-14-16/h5-14,17,23H,1-4H3,(H,20,21,22). The molecule has 1 heterocycles. The molecule has 0 radical (unpaired) electrons. The quantitative estimate of drug-likeness (QED) is 0.826. The van der Waals surface area contributed by atoms with Gasteiger partial charge in [-0.25, -0.2) is 9.98 Å². The Balaban J connectivity index is 1.94. The molecular formula is C19H25N7. The Morgan fingerprint density at radius 1 is 0.731 bits per heavy atom. The van der Waals surface area contributed by atoms with Gasteiger partial charge in [-0.15, -0.1) is 0 Å². The van der Waals surface area contributed by atoms with Crippen LogP contribution in [-0.2, 0) is 0 Å². The summed E-state index contributed by atoms with van der Waals surface area (Å²) in [5.74, 6) is 1.50. The average molecular weight is 351 g/mol. The highest BCUT2D eigenvalue weighted by Gasteiger charge is 2.21. The normalized spacial score (nSPS) is 14.2. The number of hydrogen-bond donors (Lipinski definition) is 2. The third-order valence-electron chi connectivity index (χ3n) is 3.83. The Morgan fingerprint density at radius 2 is 1.15 bits per heavy atom. The molecule has 0 atom stereocenters. The van der Waals surface area contributed by atoms with Crippen LogP contribution in [0.15, 0.2) is 70.6 Å². The number of benzene rings is 2. The van der Waals surface area contributed by atoms with E-state index in [1.165, 1.54) is 0 Å². The number of para-hydroxylation sites is 2. The maximum absolute atomic E-state index is 4.67. The Labute approximate surface area is 154 Å². The largest absolute Gasteiger partial charge is 0.349 e. The summed E-state index contributed by atoms with van der Waals surface area (Å²) in [4.78, 5) is 13.2. The smallest absolute Gasteiger partial charge is 0.217 e. The van der Waals surface area contributed by atoms with E-state index in [1.54, 1.807) is 0 Å². The predicted octanol–water partition coefficient (Wildman–Crippen LogP) is 2.05. The Kier molecular flexibility index (Phi) is 5.38. The molecule has 0 saturated heterocycles. The molecule has 1 aliphatic rings. The minimum Gasteiger partial charge on any atom is -0.349 e. The number of hydrazine groups is 1. The first-order chi connectivity index (χ1) is 12.5. The molecule has 2 aromatic rings. The third kappa shape index (κ3) is 4.12. The van der Waals surface area contributed by atoms with E-state index in [4.69, 9.17) is 0 Å². The number of aliphatic imine (C=N–C) groups is 2. The number of nitrogens with one attached hydrogen (secondary N) is 2. The van der Waals surface area contributed by atoms with Crippen LogP contribution in [-0.4, -0.2) is 56.2 Å². The van der Waals surface area contributed by atoms with Crippen LogP contribution in [0.3, 0.4) is 0 Å². The minimum absolute atomic E-state index is 0.452. The molecule has 136 valence electrons. The summed E-state index contributed by atoms with van der Waals surface area (Å²) >= 11 is 0. The zero-order valence-electron chi connectivity index (χ0n) is 15.6. The van der Waals surface area contributed by atoms with Gasteiger partial charge in [-0.3, -0.25) is 10.3 Å². The van der Waals surface area contributed by atoms with Crippen LogP contribution in [0.5, 0.6) is 0 Å². The van der Waals surface area contributed by atoms with Gasteiger partial charge in [0.25, 0.3) is 0 Å². The van der Waals surface area contributed by atoms with Gasteiger partial charge in [0, 0.05) is 28.2 Å². The molecule has 2 N–H and O–H groups in total. The van der Waals surface area contributed by atoms with Crippen molar-refractivity contribution in [2.75, 3.05) is 33.2 Å². The SMILES string of the molecule is CN(C)C1=NC(NN(c2ccccc2)c2ccccc2)N=C(N(C)C)N1. The minimum atomic E-state index is -0.452. The molecule has 0 fully saturated rings. The van der Waals surface area contributed by atoms with Gasteiger partial charge in [0.1, 0.15) is 0 Å². The van der Waals surface area contributed by atoms with Crippen molar-refractivity contribution in [3.63, 3.8) is 0 Å². The monoisotopic (exact) mass is 351 g/mol. The van der Waals surface area contributed by atoms with Crippen molar-refractivity contribution >= 4 is 23.3 Å². The summed E-state index contributed by atoms with van der Waals surface area (Å²) in [5.41, 5.74) is 5.45. The lowest BCUT2D eigenvalue weighted by Crippen LogP contribution is -2.53. The van der Waals surface area contributed by atoms with E-state index in [0.29, 0.717) is 0 Å². The van der Waals surface area contributed by atoms with Gasteiger partial charge in [-0.1, -0.05) is 36.4 Å². The molecule has 0 amide bonds. The summed E-state index contributed by atoms with van der Waals surface area (Å²) < 4.78 is 0. The van der Waals surface area contributed by atoms with Crippen molar-refractivity contribution in [3.05, 3.63) is 60.7 Å². The van der Waals surface area contributed by atoms with Crippen LogP contribution in [0.4, 0.5) is 11.4 Å². The third-order valence-corrected chi connectivity index (χ3v) is 3.83. The number of guanidine groups is 2. The van der Waals surface area contributed by atoms with Gasteiger partial charge in [0.15, 0.2) is 0 Å². The van der Waals surface area contributed by atoms with Crippen LogP contribution >= 0.6 is 0 Å². The van der Waals surface area contributed by atoms with Crippen molar-refractivity contribution in [1.82, 2.24) is 20.5 Å². The van der Waals surface area contributed by atoms with E-state index in [1.807, 2.05) is 104 Å². The van der Waals surface area contributed by atoms with Gasteiger partial charge in [-0.2, -0.15) is 5.43 Å². The van der Waals surface area contributed by atoms with Crippen molar-refractivity contribution < 1.29 is 0 Å².